The minimum absolute atomic E-state index is 0.0926. The van der Waals surface area contributed by atoms with Gasteiger partial charge in [0.25, 0.3) is 0 Å². The fourth-order valence-electron chi connectivity index (χ4n) is 7.23. The van der Waals surface area contributed by atoms with E-state index in [4.69, 9.17) is 6.35 Å². The fraction of sp³-hybridized carbons (Fsp3) is 0.412. The average Bonchev–Trinajstić information content (AvgIpc) is 3.19. The van der Waals surface area contributed by atoms with E-state index in [1.807, 2.05) is 0 Å². The quantitative estimate of drug-likeness (QED) is 0.186. The Morgan fingerprint density at radius 1 is 0.842 bits per heavy atom. The summed E-state index contributed by atoms with van der Waals surface area (Å²) >= 11 is -0.871. The summed E-state index contributed by atoms with van der Waals surface area (Å²) < 4.78 is 14.4. The molecule has 0 aliphatic heterocycles. The van der Waals surface area contributed by atoms with Crippen LogP contribution < -0.4 is 4.40 Å². The first-order chi connectivity index (χ1) is 18.3. The molecule has 0 N–H and O–H groups in total. The molecule has 0 atom stereocenters. The molecule has 2 aromatic heterocycles. The molecule has 0 amide bonds. The van der Waals surface area contributed by atoms with Gasteiger partial charge in [0.05, 0.1) is 0 Å². The first-order valence-electron chi connectivity index (χ1n) is 14.6. The van der Waals surface area contributed by atoms with Crippen molar-refractivity contribution in [3.05, 3.63) is 66.5 Å². The van der Waals surface area contributed by atoms with Crippen LogP contribution in [0.1, 0.15) is 69.2 Å². The van der Waals surface area contributed by atoms with Gasteiger partial charge in [-0.25, -0.2) is 0 Å². The van der Waals surface area contributed by atoms with Crippen molar-refractivity contribution in [1.29, 1.82) is 0 Å². The molecule has 2 nitrogen and oxygen atoms in total. The number of fused-ring (bicyclic) bond motifs is 4. The second-order valence-corrected chi connectivity index (χ2v) is 26.5. The van der Waals surface area contributed by atoms with Gasteiger partial charge >= 0.3 is 238 Å². The monoisotopic (exact) mass is 585 g/mol. The van der Waals surface area contributed by atoms with Crippen LogP contribution in [0.5, 0.6) is 0 Å². The number of aromatic nitrogens is 2. The van der Waals surface area contributed by atoms with Crippen LogP contribution in [0.3, 0.4) is 0 Å². The topological polar surface area (TPSA) is 25.8 Å². The SMILES string of the molecule is [2H]c1nc(-c2c[c]([Ge]([CH](C)C)([CH](C)C)[CH](C)C)c3ccccc3c2)c2sc3cc(CC(C)(C)C)ccc3c2n1. The van der Waals surface area contributed by atoms with E-state index in [1.54, 1.807) is 15.7 Å². The predicted octanol–water partition coefficient (Wildman–Crippen LogP) is 10.1. The molecule has 0 bridgehead atoms. The van der Waals surface area contributed by atoms with Gasteiger partial charge in [0, 0.05) is 0 Å². The summed E-state index contributed by atoms with van der Waals surface area (Å²) in [6.45, 7) is 21.6. The van der Waals surface area contributed by atoms with Gasteiger partial charge in [-0.15, -0.1) is 0 Å². The Labute approximate surface area is 236 Å². The minimum atomic E-state index is -2.65. The molecule has 2 heterocycles. The molecule has 0 saturated heterocycles. The van der Waals surface area contributed by atoms with Crippen molar-refractivity contribution in [2.75, 3.05) is 0 Å². The summed E-state index contributed by atoms with van der Waals surface area (Å²) in [5.41, 5.74) is 4.52. The van der Waals surface area contributed by atoms with Crippen LogP contribution in [0, 0.1) is 5.41 Å². The summed E-state index contributed by atoms with van der Waals surface area (Å²) in [5.74, 6) is 0. The predicted molar refractivity (Wildman–Crippen MR) is 172 cm³/mol. The van der Waals surface area contributed by atoms with E-state index in [0.29, 0.717) is 14.3 Å². The van der Waals surface area contributed by atoms with E-state index in [2.05, 4.69) is 122 Å². The Hall–Kier alpha value is -2.24. The summed E-state index contributed by atoms with van der Waals surface area (Å²) in [7, 11) is 0. The van der Waals surface area contributed by atoms with E-state index in [-0.39, 0.29) is 11.7 Å². The molecule has 0 aliphatic carbocycles. The second-order valence-electron chi connectivity index (χ2n) is 13.2. The molecular weight excluding hydrogens is 541 g/mol. The standard InChI is InChI=1S/C34H42GeN2S/c1-21(2)35(22(3)4,23(5)6)29-18-26(17-25-12-10-11-13-27(25)29)31-33-32(37-20-36-31)28-15-14-24(16-30(28)38-33)19-34(7,8)9/h10-18,20-23H,19H2,1-9H3/i20D. The van der Waals surface area contributed by atoms with Crippen LogP contribution in [-0.4, -0.2) is 23.2 Å². The van der Waals surface area contributed by atoms with E-state index in [1.165, 1.54) is 21.0 Å². The van der Waals surface area contributed by atoms with Crippen molar-refractivity contribution in [2.45, 2.75) is 83.0 Å². The zero-order chi connectivity index (χ0) is 28.3. The van der Waals surface area contributed by atoms with E-state index >= 15 is 0 Å². The van der Waals surface area contributed by atoms with Gasteiger partial charge in [-0.2, -0.15) is 0 Å². The normalized spacial score (nSPS) is 13.5. The van der Waals surface area contributed by atoms with Crippen molar-refractivity contribution in [3.8, 4) is 11.3 Å². The molecule has 0 radical (unpaired) electrons. The van der Waals surface area contributed by atoms with E-state index in [9.17, 15) is 0 Å². The summed E-state index contributed by atoms with van der Waals surface area (Å²) in [4.78, 5) is 9.45. The molecule has 0 unspecified atom stereocenters. The second kappa shape index (κ2) is 10.1. The molecule has 0 fully saturated rings. The van der Waals surface area contributed by atoms with E-state index < -0.39 is 13.3 Å². The number of nitrogens with zero attached hydrogens (tertiary/aromatic N) is 2. The molecule has 5 aromatic rings. The van der Waals surface area contributed by atoms with Gasteiger partial charge in [-0.05, 0) is 0 Å². The molecular formula is C34H42GeN2S. The molecule has 198 valence electrons. The van der Waals surface area contributed by atoms with Crippen LogP contribution >= 0.6 is 11.3 Å². The van der Waals surface area contributed by atoms with Gasteiger partial charge < -0.3 is 0 Å². The third kappa shape index (κ3) is 4.60. The van der Waals surface area contributed by atoms with Crippen LogP contribution in [0.15, 0.2) is 60.9 Å². The van der Waals surface area contributed by atoms with Crippen LogP contribution in [0.2, 0.25) is 14.3 Å². The third-order valence-electron chi connectivity index (χ3n) is 8.47. The summed E-state index contributed by atoms with van der Waals surface area (Å²) in [6, 6.07) is 20.4. The Kier molecular flexibility index (Phi) is 6.89. The Morgan fingerprint density at radius 2 is 1.53 bits per heavy atom. The Balaban J connectivity index is 1.82. The molecule has 4 heteroatoms. The van der Waals surface area contributed by atoms with Crippen LogP contribution in [0.25, 0.3) is 42.3 Å². The zero-order valence-corrected chi connectivity index (χ0v) is 27.4. The summed E-state index contributed by atoms with van der Waals surface area (Å²) in [6.07, 6.45) is 1.12. The van der Waals surface area contributed by atoms with Gasteiger partial charge in [0.2, 0.25) is 0 Å². The Bertz CT molecular complexity index is 1650. The molecule has 0 saturated carbocycles. The summed E-state index contributed by atoms with van der Waals surface area (Å²) in [5, 5.41) is 3.80. The number of rotatable bonds is 6. The Morgan fingerprint density at radius 3 is 2.18 bits per heavy atom. The first kappa shape index (κ1) is 26.0. The zero-order valence-electron chi connectivity index (χ0n) is 25.4. The molecule has 5 rings (SSSR count). The van der Waals surface area contributed by atoms with Crippen molar-refractivity contribution in [2.24, 2.45) is 5.41 Å². The van der Waals surface area contributed by atoms with Gasteiger partial charge in [-0.3, -0.25) is 0 Å². The van der Waals surface area contributed by atoms with Crippen molar-refractivity contribution in [1.82, 2.24) is 9.97 Å². The third-order valence-corrected chi connectivity index (χ3v) is 24.5. The average molecular weight is 584 g/mol. The van der Waals surface area contributed by atoms with Crippen molar-refractivity contribution in [3.63, 3.8) is 0 Å². The molecule has 38 heavy (non-hydrogen) atoms. The van der Waals surface area contributed by atoms with Crippen LogP contribution in [0.4, 0.5) is 0 Å². The maximum atomic E-state index is 8.58. The molecule has 0 spiro atoms. The van der Waals surface area contributed by atoms with Gasteiger partial charge in [0.15, 0.2) is 0 Å². The van der Waals surface area contributed by atoms with Gasteiger partial charge in [-0.1, -0.05) is 0 Å². The number of hydrogen-bond donors (Lipinski definition) is 0. The van der Waals surface area contributed by atoms with E-state index in [0.717, 1.165) is 33.3 Å². The number of benzene rings is 3. The first-order valence-corrected chi connectivity index (χ1v) is 19.6. The fourth-order valence-corrected chi connectivity index (χ4v) is 23.1. The van der Waals surface area contributed by atoms with Crippen molar-refractivity contribution >= 4 is 60.1 Å². The molecule has 3 aromatic carbocycles. The molecule has 0 aliphatic rings. The maximum absolute atomic E-state index is 8.58. The number of hydrogen-bond acceptors (Lipinski definition) is 3. The van der Waals surface area contributed by atoms with Crippen molar-refractivity contribution < 1.29 is 1.37 Å². The van der Waals surface area contributed by atoms with Crippen LogP contribution in [-0.2, 0) is 6.42 Å². The number of thiophene rings is 1. The van der Waals surface area contributed by atoms with Gasteiger partial charge in [0.1, 0.15) is 0 Å².